The maximum atomic E-state index is 12.4. The first-order chi connectivity index (χ1) is 10.0. The predicted octanol–water partition coefficient (Wildman–Crippen LogP) is 0.996. The van der Waals surface area contributed by atoms with Crippen LogP contribution in [0.25, 0.3) is 0 Å². The molecule has 1 aliphatic rings. The van der Waals surface area contributed by atoms with Crippen molar-refractivity contribution in [1.29, 1.82) is 0 Å². The van der Waals surface area contributed by atoms with Gasteiger partial charge in [0.05, 0.1) is 0 Å². The van der Waals surface area contributed by atoms with E-state index in [1.165, 1.54) is 4.90 Å². The van der Waals surface area contributed by atoms with Crippen LogP contribution in [0.2, 0.25) is 0 Å². The lowest BCUT2D eigenvalue weighted by molar-refractivity contribution is -0.138. The van der Waals surface area contributed by atoms with Gasteiger partial charge in [-0.3, -0.25) is 19.7 Å². The summed E-state index contributed by atoms with van der Waals surface area (Å²) in [6.07, 6.45) is 1.02. The second-order valence-corrected chi connectivity index (χ2v) is 5.03. The largest absolute Gasteiger partial charge is 0.385 e. The molecule has 0 aromatic heterocycles. The van der Waals surface area contributed by atoms with Gasteiger partial charge in [0.25, 0.3) is 5.91 Å². The van der Waals surface area contributed by atoms with E-state index in [-0.39, 0.29) is 12.5 Å². The Balaban J connectivity index is 2.11. The molecule has 1 aromatic rings. The predicted molar refractivity (Wildman–Crippen MR) is 78.9 cm³/mol. The van der Waals surface area contributed by atoms with Crippen LogP contribution >= 0.6 is 0 Å². The lowest BCUT2D eigenvalue weighted by Gasteiger charge is -2.31. The summed E-state index contributed by atoms with van der Waals surface area (Å²) in [6, 6.07) is 6.39. The first kappa shape index (κ1) is 15.0. The van der Waals surface area contributed by atoms with Gasteiger partial charge >= 0.3 is 0 Å². The quantitative estimate of drug-likeness (QED) is 0.810. The van der Waals surface area contributed by atoms with E-state index in [1.807, 2.05) is 12.1 Å². The van der Waals surface area contributed by atoms with Crippen LogP contribution in [-0.2, 0) is 9.59 Å². The van der Waals surface area contributed by atoms with Gasteiger partial charge in [-0.05, 0) is 37.6 Å². The molecule has 1 atom stereocenters. The van der Waals surface area contributed by atoms with Crippen molar-refractivity contribution < 1.29 is 14.4 Å². The van der Waals surface area contributed by atoms with Crippen molar-refractivity contribution in [2.24, 2.45) is 0 Å². The Morgan fingerprint density at radius 1 is 1.33 bits per heavy atom. The van der Waals surface area contributed by atoms with Gasteiger partial charge < -0.3 is 10.2 Å². The number of carbonyl (C=O) groups is 3. The summed E-state index contributed by atoms with van der Waals surface area (Å²) in [5, 5.41) is 5.44. The highest BCUT2D eigenvalue weighted by Crippen LogP contribution is 2.14. The fourth-order valence-corrected chi connectivity index (χ4v) is 2.13. The van der Waals surface area contributed by atoms with Crippen LogP contribution < -0.4 is 10.6 Å². The number of imide groups is 1. The summed E-state index contributed by atoms with van der Waals surface area (Å²) in [4.78, 5) is 36.7. The zero-order valence-electron chi connectivity index (χ0n) is 12.2. The van der Waals surface area contributed by atoms with Crippen LogP contribution in [0.5, 0.6) is 0 Å². The Morgan fingerprint density at radius 2 is 2.00 bits per heavy atom. The zero-order valence-corrected chi connectivity index (χ0v) is 12.2. The van der Waals surface area contributed by atoms with Crippen LogP contribution in [0.15, 0.2) is 24.3 Å². The van der Waals surface area contributed by atoms with E-state index >= 15 is 0 Å². The molecule has 3 amide bonds. The first-order valence-corrected chi connectivity index (χ1v) is 7.01. The lowest BCUT2D eigenvalue weighted by Crippen LogP contribution is -2.58. The molecule has 21 heavy (non-hydrogen) atoms. The molecule has 0 bridgehead atoms. The van der Waals surface area contributed by atoms with E-state index in [2.05, 4.69) is 17.6 Å². The molecule has 2 rings (SSSR count). The topological polar surface area (TPSA) is 78.5 Å². The normalized spacial score (nSPS) is 18.4. The Morgan fingerprint density at radius 3 is 2.62 bits per heavy atom. The number of anilines is 1. The average molecular weight is 289 g/mol. The summed E-state index contributed by atoms with van der Waals surface area (Å²) in [6.45, 7) is 4.45. The van der Waals surface area contributed by atoms with Gasteiger partial charge in [-0.15, -0.1) is 0 Å². The fourth-order valence-electron chi connectivity index (χ4n) is 2.13. The third kappa shape index (κ3) is 3.39. The van der Waals surface area contributed by atoms with Gasteiger partial charge in [-0.25, -0.2) is 0 Å². The molecule has 0 aliphatic carbocycles. The SMILES string of the molecule is CCCNc1ccc(C(=O)N2CC(=O)NC(=O)C2C)cc1. The lowest BCUT2D eigenvalue weighted by atomic mass is 10.1. The summed E-state index contributed by atoms with van der Waals surface area (Å²) in [7, 11) is 0. The molecular weight excluding hydrogens is 270 g/mol. The van der Waals surface area contributed by atoms with Crippen molar-refractivity contribution in [3.63, 3.8) is 0 Å². The Labute approximate surface area is 123 Å². The Kier molecular flexibility index (Phi) is 4.57. The minimum absolute atomic E-state index is 0.0957. The van der Waals surface area contributed by atoms with Crippen LogP contribution in [0.1, 0.15) is 30.6 Å². The summed E-state index contributed by atoms with van der Waals surface area (Å²) in [5.74, 6) is -1.21. The molecule has 112 valence electrons. The average Bonchev–Trinajstić information content (AvgIpc) is 2.48. The van der Waals surface area contributed by atoms with Crippen molar-refractivity contribution in [1.82, 2.24) is 10.2 Å². The number of benzene rings is 1. The fraction of sp³-hybridized carbons (Fsp3) is 0.400. The molecule has 0 radical (unpaired) electrons. The maximum absolute atomic E-state index is 12.4. The van der Waals surface area contributed by atoms with Crippen LogP contribution in [0, 0.1) is 0 Å². The van der Waals surface area contributed by atoms with Crippen molar-refractivity contribution in [2.45, 2.75) is 26.3 Å². The number of hydrogen-bond donors (Lipinski definition) is 2. The van der Waals surface area contributed by atoms with Crippen molar-refractivity contribution in [3.05, 3.63) is 29.8 Å². The molecule has 2 N–H and O–H groups in total. The molecular formula is C15H19N3O3. The van der Waals surface area contributed by atoms with E-state index in [0.29, 0.717) is 5.56 Å². The number of carbonyl (C=O) groups excluding carboxylic acids is 3. The zero-order chi connectivity index (χ0) is 15.4. The highest BCUT2D eigenvalue weighted by atomic mass is 16.2. The van der Waals surface area contributed by atoms with E-state index in [0.717, 1.165) is 18.7 Å². The smallest absolute Gasteiger partial charge is 0.254 e. The van der Waals surface area contributed by atoms with E-state index in [4.69, 9.17) is 0 Å². The standard InChI is InChI=1S/C15H19N3O3/c1-3-8-16-12-6-4-11(5-7-12)15(21)18-9-13(19)17-14(20)10(18)2/h4-7,10,16H,3,8-9H2,1-2H3,(H,17,19,20). The van der Waals surface area contributed by atoms with Gasteiger partial charge in [0, 0.05) is 17.8 Å². The highest BCUT2D eigenvalue weighted by molar-refractivity contribution is 6.07. The minimum atomic E-state index is -0.645. The second kappa shape index (κ2) is 6.39. The molecule has 0 spiro atoms. The molecule has 1 unspecified atom stereocenters. The van der Waals surface area contributed by atoms with Gasteiger partial charge in [0.15, 0.2) is 0 Å². The second-order valence-electron chi connectivity index (χ2n) is 5.03. The molecule has 0 saturated carbocycles. The van der Waals surface area contributed by atoms with Crippen molar-refractivity contribution >= 4 is 23.4 Å². The van der Waals surface area contributed by atoms with E-state index < -0.39 is 17.9 Å². The van der Waals surface area contributed by atoms with Crippen molar-refractivity contribution in [2.75, 3.05) is 18.4 Å². The highest BCUT2D eigenvalue weighted by Gasteiger charge is 2.33. The number of nitrogens with zero attached hydrogens (tertiary/aromatic N) is 1. The number of piperazine rings is 1. The van der Waals surface area contributed by atoms with Crippen LogP contribution in [0.4, 0.5) is 5.69 Å². The van der Waals surface area contributed by atoms with Gasteiger partial charge in [0.2, 0.25) is 11.8 Å². The minimum Gasteiger partial charge on any atom is -0.385 e. The summed E-state index contributed by atoms with van der Waals surface area (Å²) >= 11 is 0. The first-order valence-electron chi connectivity index (χ1n) is 7.01. The molecule has 1 fully saturated rings. The van der Waals surface area contributed by atoms with Crippen LogP contribution in [0.3, 0.4) is 0 Å². The van der Waals surface area contributed by atoms with E-state index in [1.54, 1.807) is 19.1 Å². The molecule has 1 saturated heterocycles. The molecule has 1 aromatic carbocycles. The number of rotatable bonds is 4. The number of amides is 3. The Bertz CT molecular complexity index is 554. The number of hydrogen-bond acceptors (Lipinski definition) is 4. The van der Waals surface area contributed by atoms with Crippen LogP contribution in [-0.4, -0.2) is 41.8 Å². The third-order valence-corrected chi connectivity index (χ3v) is 3.40. The number of nitrogens with one attached hydrogen (secondary N) is 2. The summed E-state index contributed by atoms with van der Waals surface area (Å²) in [5.41, 5.74) is 1.40. The molecule has 1 aliphatic heterocycles. The third-order valence-electron chi connectivity index (χ3n) is 3.40. The van der Waals surface area contributed by atoms with Gasteiger partial charge in [-0.1, -0.05) is 6.92 Å². The molecule has 6 heteroatoms. The summed E-state index contributed by atoms with van der Waals surface area (Å²) < 4.78 is 0. The molecule has 1 heterocycles. The van der Waals surface area contributed by atoms with Gasteiger partial charge in [-0.2, -0.15) is 0 Å². The Hall–Kier alpha value is -2.37. The van der Waals surface area contributed by atoms with Gasteiger partial charge in [0.1, 0.15) is 12.6 Å². The maximum Gasteiger partial charge on any atom is 0.254 e. The monoisotopic (exact) mass is 289 g/mol. The van der Waals surface area contributed by atoms with E-state index in [9.17, 15) is 14.4 Å². The van der Waals surface area contributed by atoms with Crippen molar-refractivity contribution in [3.8, 4) is 0 Å². The molecule has 6 nitrogen and oxygen atoms in total.